The van der Waals surface area contributed by atoms with Crippen LogP contribution in [0.15, 0.2) is 48.5 Å². The van der Waals surface area contributed by atoms with Gasteiger partial charge in [0.1, 0.15) is 5.54 Å². The van der Waals surface area contributed by atoms with E-state index in [0.29, 0.717) is 11.4 Å². The number of carbonyl (C=O) groups excluding carboxylic acids is 1. The summed E-state index contributed by atoms with van der Waals surface area (Å²) in [5, 5.41) is 3.90. The van der Waals surface area contributed by atoms with Crippen molar-refractivity contribution in [2.24, 2.45) is 5.73 Å². The van der Waals surface area contributed by atoms with Crippen LogP contribution in [0.5, 0.6) is 0 Å². The van der Waals surface area contributed by atoms with Crippen LogP contribution >= 0.6 is 11.6 Å². The van der Waals surface area contributed by atoms with Gasteiger partial charge in [-0.05, 0) is 42.7 Å². The van der Waals surface area contributed by atoms with Crippen LogP contribution in [0.2, 0.25) is 5.02 Å². The Bertz CT molecular complexity index is 657. The molecule has 3 N–H and O–H groups in total. The molecule has 1 atom stereocenters. The van der Waals surface area contributed by atoms with Gasteiger partial charge in [0.2, 0.25) is 5.91 Å². The Labute approximate surface area is 130 Å². The third-order valence-corrected chi connectivity index (χ3v) is 4.00. The van der Waals surface area contributed by atoms with Crippen LogP contribution in [-0.4, -0.2) is 5.91 Å². The lowest BCUT2D eigenvalue weighted by atomic mass is 9.85. The van der Waals surface area contributed by atoms with Gasteiger partial charge in [-0.2, -0.15) is 0 Å². The predicted octanol–water partition coefficient (Wildman–Crippen LogP) is 3.85. The van der Waals surface area contributed by atoms with E-state index >= 15 is 0 Å². The van der Waals surface area contributed by atoms with Crippen LogP contribution in [-0.2, 0) is 10.3 Å². The molecule has 2 rings (SSSR count). The second kappa shape index (κ2) is 6.19. The van der Waals surface area contributed by atoms with Gasteiger partial charge in [0, 0.05) is 10.7 Å². The van der Waals surface area contributed by atoms with Gasteiger partial charge in [0.15, 0.2) is 0 Å². The lowest BCUT2D eigenvalue weighted by Crippen LogP contribution is -2.47. The van der Waals surface area contributed by atoms with Crippen molar-refractivity contribution in [3.8, 4) is 0 Å². The molecule has 1 unspecified atom stereocenters. The molecule has 0 aliphatic carbocycles. The minimum atomic E-state index is -0.975. The number of carbonyl (C=O) groups is 1. The molecule has 0 radical (unpaired) electrons. The minimum absolute atomic E-state index is 0.421. The van der Waals surface area contributed by atoms with Crippen LogP contribution in [0, 0.1) is 6.92 Å². The minimum Gasteiger partial charge on any atom is -0.367 e. The maximum Gasteiger partial charge on any atom is 0.247 e. The predicted molar refractivity (Wildman–Crippen MR) is 87.4 cm³/mol. The van der Waals surface area contributed by atoms with Crippen molar-refractivity contribution in [3.63, 3.8) is 0 Å². The number of nitrogens with two attached hydrogens (primary N) is 1. The number of benzene rings is 2. The van der Waals surface area contributed by atoms with Crippen molar-refractivity contribution in [1.82, 2.24) is 0 Å². The van der Waals surface area contributed by atoms with Crippen LogP contribution in [0.3, 0.4) is 0 Å². The molecule has 2 aromatic rings. The molecule has 0 heterocycles. The number of amides is 1. The summed E-state index contributed by atoms with van der Waals surface area (Å²) in [6.45, 7) is 3.92. The van der Waals surface area contributed by atoms with Gasteiger partial charge >= 0.3 is 0 Å². The Morgan fingerprint density at radius 2 is 1.95 bits per heavy atom. The topological polar surface area (TPSA) is 55.1 Å². The molecule has 0 aliphatic heterocycles. The summed E-state index contributed by atoms with van der Waals surface area (Å²) >= 11 is 6.07. The molecule has 1 amide bonds. The van der Waals surface area contributed by atoms with E-state index in [2.05, 4.69) is 5.32 Å². The van der Waals surface area contributed by atoms with Gasteiger partial charge in [-0.1, -0.05) is 48.9 Å². The molecular weight excluding hydrogens is 284 g/mol. The molecule has 0 fully saturated rings. The fraction of sp³-hybridized carbons (Fsp3) is 0.235. The third kappa shape index (κ3) is 3.03. The Morgan fingerprint density at radius 3 is 2.52 bits per heavy atom. The maximum atomic E-state index is 12.2. The van der Waals surface area contributed by atoms with Crippen LogP contribution in [0.1, 0.15) is 24.5 Å². The number of anilines is 1. The quantitative estimate of drug-likeness (QED) is 0.881. The molecule has 2 aromatic carbocycles. The van der Waals surface area contributed by atoms with Crippen LogP contribution < -0.4 is 11.1 Å². The van der Waals surface area contributed by atoms with Crippen LogP contribution in [0.25, 0.3) is 0 Å². The number of primary amides is 1. The zero-order valence-corrected chi connectivity index (χ0v) is 12.9. The summed E-state index contributed by atoms with van der Waals surface area (Å²) in [5.74, 6) is -0.421. The number of para-hydroxylation sites is 1. The molecular formula is C17H19ClN2O. The summed E-state index contributed by atoms with van der Waals surface area (Å²) in [6.07, 6.45) is 0.525. The van der Waals surface area contributed by atoms with E-state index in [1.165, 1.54) is 0 Å². The molecule has 4 heteroatoms. The fourth-order valence-corrected chi connectivity index (χ4v) is 2.63. The third-order valence-electron chi connectivity index (χ3n) is 3.76. The maximum absolute atomic E-state index is 12.2. The summed E-state index contributed by atoms with van der Waals surface area (Å²) in [4.78, 5) is 12.2. The highest BCUT2D eigenvalue weighted by atomic mass is 35.5. The molecule has 0 aromatic heterocycles. The van der Waals surface area contributed by atoms with Gasteiger partial charge in [-0.15, -0.1) is 0 Å². The van der Waals surface area contributed by atoms with Crippen molar-refractivity contribution in [3.05, 3.63) is 64.7 Å². The summed E-state index contributed by atoms with van der Waals surface area (Å²) < 4.78 is 0. The normalized spacial score (nSPS) is 13.5. The molecule has 0 saturated carbocycles. The monoisotopic (exact) mass is 302 g/mol. The van der Waals surface area contributed by atoms with E-state index in [1.54, 1.807) is 12.1 Å². The molecule has 0 saturated heterocycles. The molecule has 0 spiro atoms. The zero-order chi connectivity index (χ0) is 15.5. The molecule has 3 nitrogen and oxygen atoms in total. The first-order chi connectivity index (χ1) is 9.99. The summed E-state index contributed by atoms with van der Waals surface area (Å²) in [7, 11) is 0. The summed E-state index contributed by atoms with van der Waals surface area (Å²) in [6, 6.07) is 15.1. The van der Waals surface area contributed by atoms with E-state index in [9.17, 15) is 4.79 Å². The van der Waals surface area contributed by atoms with E-state index in [0.717, 1.165) is 16.8 Å². The van der Waals surface area contributed by atoms with Gasteiger partial charge in [-0.25, -0.2) is 0 Å². The number of halogens is 1. The second-order valence-electron chi connectivity index (χ2n) is 5.07. The van der Waals surface area contributed by atoms with Gasteiger partial charge in [0.05, 0.1) is 0 Å². The lowest BCUT2D eigenvalue weighted by Gasteiger charge is -2.33. The number of nitrogens with one attached hydrogen (secondary N) is 1. The average Bonchev–Trinajstić information content (AvgIpc) is 2.46. The highest BCUT2D eigenvalue weighted by molar-refractivity contribution is 6.30. The SMILES string of the molecule is CCC(Nc1ccccc1C)(C(N)=O)c1cccc(Cl)c1. The molecule has 0 bridgehead atoms. The van der Waals surface area contributed by atoms with Crippen molar-refractivity contribution in [2.45, 2.75) is 25.8 Å². The first kappa shape index (κ1) is 15.4. The zero-order valence-electron chi connectivity index (χ0n) is 12.2. The highest BCUT2D eigenvalue weighted by Crippen LogP contribution is 2.32. The Kier molecular flexibility index (Phi) is 4.53. The molecule has 110 valence electrons. The van der Waals surface area contributed by atoms with Crippen molar-refractivity contribution < 1.29 is 4.79 Å². The lowest BCUT2D eigenvalue weighted by molar-refractivity contribution is -0.122. The standard InChI is InChI=1S/C17H19ClN2O/c1-3-17(16(19)21,13-8-6-9-14(18)11-13)20-15-10-5-4-7-12(15)2/h4-11,20H,3H2,1-2H3,(H2,19,21). The van der Waals surface area contributed by atoms with Crippen LogP contribution in [0.4, 0.5) is 5.69 Å². The van der Waals surface area contributed by atoms with Crippen molar-refractivity contribution >= 4 is 23.2 Å². The first-order valence-electron chi connectivity index (χ1n) is 6.89. The Morgan fingerprint density at radius 1 is 1.24 bits per heavy atom. The van der Waals surface area contributed by atoms with E-state index in [4.69, 9.17) is 17.3 Å². The number of hydrogen-bond donors (Lipinski definition) is 2. The molecule has 21 heavy (non-hydrogen) atoms. The average molecular weight is 303 g/mol. The number of rotatable bonds is 5. The smallest absolute Gasteiger partial charge is 0.247 e. The second-order valence-corrected chi connectivity index (χ2v) is 5.51. The number of aryl methyl sites for hydroxylation is 1. The van der Waals surface area contributed by atoms with Crippen molar-refractivity contribution in [2.75, 3.05) is 5.32 Å². The Hall–Kier alpha value is -2.00. The van der Waals surface area contributed by atoms with Gasteiger partial charge < -0.3 is 11.1 Å². The first-order valence-corrected chi connectivity index (χ1v) is 7.27. The number of hydrogen-bond acceptors (Lipinski definition) is 2. The van der Waals surface area contributed by atoms with E-state index < -0.39 is 11.4 Å². The highest BCUT2D eigenvalue weighted by Gasteiger charge is 2.37. The summed E-state index contributed by atoms with van der Waals surface area (Å²) in [5.41, 5.74) is 7.46. The molecule has 0 aliphatic rings. The Balaban J connectivity index is 2.53. The largest absolute Gasteiger partial charge is 0.367 e. The van der Waals surface area contributed by atoms with E-state index in [1.807, 2.05) is 50.2 Å². The van der Waals surface area contributed by atoms with Crippen molar-refractivity contribution in [1.29, 1.82) is 0 Å². The van der Waals surface area contributed by atoms with Gasteiger partial charge in [-0.3, -0.25) is 4.79 Å². The fourth-order valence-electron chi connectivity index (χ4n) is 2.44. The van der Waals surface area contributed by atoms with E-state index in [-0.39, 0.29) is 0 Å². The van der Waals surface area contributed by atoms with Gasteiger partial charge in [0.25, 0.3) is 0 Å².